The van der Waals surface area contributed by atoms with E-state index in [1.54, 1.807) is 7.11 Å². The number of hydrogen-bond donors (Lipinski definition) is 2. The van der Waals surface area contributed by atoms with Gasteiger partial charge in [-0.05, 0) is 12.8 Å². The van der Waals surface area contributed by atoms with Gasteiger partial charge in [0.25, 0.3) is 0 Å². The number of aliphatic hydroxyl groups excluding tert-OH is 1. The lowest BCUT2D eigenvalue weighted by Gasteiger charge is -2.29. The summed E-state index contributed by atoms with van der Waals surface area (Å²) in [5.41, 5.74) is -0.622. The third-order valence-electron chi connectivity index (χ3n) is 2.45. The number of carbonyl (C=O) groups excluding carboxylic acids is 1. The van der Waals surface area contributed by atoms with E-state index < -0.39 is 5.60 Å². The van der Waals surface area contributed by atoms with Crippen molar-refractivity contribution < 1.29 is 14.6 Å². The van der Waals surface area contributed by atoms with Crippen molar-refractivity contribution in [2.24, 2.45) is 0 Å². The van der Waals surface area contributed by atoms with E-state index in [4.69, 9.17) is 9.84 Å². The normalized spacial score (nSPS) is 14.9. The first-order chi connectivity index (χ1) is 6.64. The molecule has 1 unspecified atom stereocenters. The first-order valence-electron chi connectivity index (χ1n) is 5.06. The van der Waals surface area contributed by atoms with Crippen molar-refractivity contribution in [2.45, 2.75) is 38.7 Å². The second kappa shape index (κ2) is 6.79. The zero-order chi connectivity index (χ0) is 11.0. The summed E-state index contributed by atoms with van der Waals surface area (Å²) in [5, 5.41) is 11.9. The van der Waals surface area contributed by atoms with Gasteiger partial charge in [-0.15, -0.1) is 0 Å². The molecule has 84 valence electrons. The Morgan fingerprint density at radius 3 is 2.50 bits per heavy atom. The van der Waals surface area contributed by atoms with Gasteiger partial charge in [-0.25, -0.2) is 0 Å². The zero-order valence-corrected chi connectivity index (χ0v) is 9.30. The zero-order valence-electron chi connectivity index (χ0n) is 9.30. The highest BCUT2D eigenvalue weighted by Crippen LogP contribution is 2.12. The van der Waals surface area contributed by atoms with E-state index in [1.807, 2.05) is 13.8 Å². The van der Waals surface area contributed by atoms with Crippen LogP contribution in [0.15, 0.2) is 0 Å². The summed E-state index contributed by atoms with van der Waals surface area (Å²) in [6.45, 7) is 4.17. The fraction of sp³-hybridized carbons (Fsp3) is 0.900. The van der Waals surface area contributed by atoms with Crippen molar-refractivity contribution >= 4 is 5.91 Å². The number of nitrogens with one attached hydrogen (secondary N) is 1. The first kappa shape index (κ1) is 13.4. The minimum atomic E-state index is -0.622. The van der Waals surface area contributed by atoms with Gasteiger partial charge in [-0.3, -0.25) is 4.79 Å². The molecule has 0 aromatic heterocycles. The lowest BCUT2D eigenvalue weighted by atomic mass is 10.0. The number of carbonyl (C=O) groups is 1. The molecule has 0 saturated carbocycles. The van der Waals surface area contributed by atoms with Crippen LogP contribution in [0, 0.1) is 0 Å². The third kappa shape index (κ3) is 4.07. The molecule has 4 heteroatoms. The van der Waals surface area contributed by atoms with Crippen molar-refractivity contribution in [3.63, 3.8) is 0 Å². The van der Waals surface area contributed by atoms with Crippen LogP contribution in [0.4, 0.5) is 0 Å². The number of methoxy groups -OCH3 is 1. The predicted octanol–water partition coefficient (Wildman–Crippen LogP) is 0.690. The van der Waals surface area contributed by atoms with Crippen LogP contribution in [0.5, 0.6) is 0 Å². The van der Waals surface area contributed by atoms with Gasteiger partial charge in [-0.2, -0.15) is 0 Å². The van der Waals surface area contributed by atoms with Crippen molar-refractivity contribution in [2.75, 3.05) is 20.3 Å². The molecule has 0 bridgehead atoms. The molecule has 1 amide bonds. The van der Waals surface area contributed by atoms with Gasteiger partial charge >= 0.3 is 0 Å². The Morgan fingerprint density at radius 2 is 2.14 bits per heavy atom. The van der Waals surface area contributed by atoms with Crippen molar-refractivity contribution in [1.29, 1.82) is 0 Å². The molecule has 0 aliphatic carbocycles. The molecule has 0 aliphatic rings. The minimum Gasteiger partial charge on any atom is -0.393 e. The largest absolute Gasteiger partial charge is 0.393 e. The maximum atomic E-state index is 11.2. The molecule has 1 atom stereocenters. The molecule has 4 nitrogen and oxygen atoms in total. The molecule has 0 aromatic rings. The fourth-order valence-corrected chi connectivity index (χ4v) is 1.15. The fourth-order valence-electron chi connectivity index (χ4n) is 1.15. The Morgan fingerprint density at radius 1 is 1.50 bits per heavy atom. The van der Waals surface area contributed by atoms with Crippen LogP contribution < -0.4 is 5.32 Å². The van der Waals surface area contributed by atoms with E-state index in [1.165, 1.54) is 0 Å². The number of amides is 1. The Labute approximate surface area is 85.6 Å². The quantitative estimate of drug-likeness (QED) is 0.640. The molecule has 0 aliphatic heterocycles. The van der Waals surface area contributed by atoms with E-state index >= 15 is 0 Å². The summed E-state index contributed by atoms with van der Waals surface area (Å²) in [7, 11) is 1.55. The first-order valence-corrected chi connectivity index (χ1v) is 5.06. The van der Waals surface area contributed by atoms with E-state index in [9.17, 15) is 4.79 Å². The summed E-state index contributed by atoms with van der Waals surface area (Å²) in [5.74, 6) is 0.0100. The molecule has 0 fully saturated rings. The molecule has 0 spiro atoms. The minimum absolute atomic E-state index is 0.0100. The second-order valence-electron chi connectivity index (χ2n) is 3.43. The van der Waals surface area contributed by atoms with Crippen molar-refractivity contribution in [1.82, 2.24) is 5.32 Å². The number of aliphatic hydroxyl groups is 1. The van der Waals surface area contributed by atoms with E-state index in [0.717, 1.165) is 6.42 Å². The third-order valence-corrected chi connectivity index (χ3v) is 2.45. The lowest BCUT2D eigenvalue weighted by molar-refractivity contribution is -0.123. The van der Waals surface area contributed by atoms with Crippen LogP contribution in [-0.2, 0) is 9.53 Å². The van der Waals surface area contributed by atoms with E-state index in [0.29, 0.717) is 19.4 Å². The Bertz CT molecular complexity index is 158. The molecule has 0 radical (unpaired) electrons. The van der Waals surface area contributed by atoms with Gasteiger partial charge in [0.1, 0.15) is 5.60 Å². The number of ether oxygens (including phenoxy) is 1. The van der Waals surface area contributed by atoms with Crippen LogP contribution in [0.25, 0.3) is 0 Å². The standard InChI is InChI=1S/C10H21NO3/c1-4-6-9(13)11-7-10(5-2,8-12)14-3/h12H,4-8H2,1-3H3,(H,11,13). The van der Waals surface area contributed by atoms with Crippen LogP contribution in [0.1, 0.15) is 33.1 Å². The molecule has 14 heavy (non-hydrogen) atoms. The predicted molar refractivity (Wildman–Crippen MR) is 55.0 cm³/mol. The van der Waals surface area contributed by atoms with Gasteiger partial charge in [0, 0.05) is 20.1 Å². The molecule has 0 heterocycles. The molecular weight excluding hydrogens is 182 g/mol. The van der Waals surface area contributed by atoms with Gasteiger partial charge in [0.05, 0.1) is 6.61 Å². The van der Waals surface area contributed by atoms with Crippen LogP contribution in [0.3, 0.4) is 0 Å². The number of hydrogen-bond acceptors (Lipinski definition) is 3. The lowest BCUT2D eigenvalue weighted by Crippen LogP contribution is -2.46. The highest BCUT2D eigenvalue weighted by atomic mass is 16.5. The summed E-state index contributed by atoms with van der Waals surface area (Å²) in [4.78, 5) is 11.2. The average molecular weight is 203 g/mol. The molecule has 0 saturated heterocycles. The number of rotatable bonds is 7. The SMILES string of the molecule is CCCC(=O)NCC(CC)(CO)OC. The van der Waals surface area contributed by atoms with Crippen LogP contribution >= 0.6 is 0 Å². The second-order valence-corrected chi connectivity index (χ2v) is 3.43. The summed E-state index contributed by atoms with van der Waals surface area (Å²) in [6, 6.07) is 0. The van der Waals surface area contributed by atoms with E-state index in [-0.39, 0.29) is 12.5 Å². The van der Waals surface area contributed by atoms with Crippen LogP contribution in [0.2, 0.25) is 0 Å². The monoisotopic (exact) mass is 203 g/mol. The highest BCUT2D eigenvalue weighted by Gasteiger charge is 2.27. The molecule has 0 rings (SSSR count). The Hall–Kier alpha value is -0.610. The molecule has 2 N–H and O–H groups in total. The molecular formula is C10H21NO3. The van der Waals surface area contributed by atoms with Gasteiger partial charge < -0.3 is 15.2 Å². The topological polar surface area (TPSA) is 58.6 Å². The van der Waals surface area contributed by atoms with Crippen molar-refractivity contribution in [3.05, 3.63) is 0 Å². The average Bonchev–Trinajstić information content (AvgIpc) is 2.21. The molecule has 0 aromatic carbocycles. The maximum absolute atomic E-state index is 11.2. The highest BCUT2D eigenvalue weighted by molar-refractivity contribution is 5.75. The summed E-state index contributed by atoms with van der Waals surface area (Å²) in [6.07, 6.45) is 2.03. The summed E-state index contributed by atoms with van der Waals surface area (Å²) >= 11 is 0. The summed E-state index contributed by atoms with van der Waals surface area (Å²) < 4.78 is 5.20. The smallest absolute Gasteiger partial charge is 0.220 e. The van der Waals surface area contributed by atoms with Crippen LogP contribution in [-0.4, -0.2) is 36.9 Å². The maximum Gasteiger partial charge on any atom is 0.220 e. The Balaban J connectivity index is 3.99. The van der Waals surface area contributed by atoms with Gasteiger partial charge in [0.2, 0.25) is 5.91 Å². The van der Waals surface area contributed by atoms with Crippen molar-refractivity contribution in [3.8, 4) is 0 Å². The Kier molecular flexibility index (Phi) is 6.49. The van der Waals surface area contributed by atoms with Gasteiger partial charge in [-0.1, -0.05) is 13.8 Å². The van der Waals surface area contributed by atoms with Gasteiger partial charge in [0.15, 0.2) is 0 Å². The van der Waals surface area contributed by atoms with E-state index in [2.05, 4.69) is 5.32 Å².